The molecule has 0 N–H and O–H groups in total. The second-order valence-electron chi connectivity index (χ2n) is 14.1. The molecule has 13 heteroatoms. The average Bonchev–Trinajstić information content (AvgIpc) is 3.33. The molecule has 0 aliphatic rings. The average molecular weight is 943 g/mol. The zero-order valence-electron chi connectivity index (χ0n) is 34.3. The zero-order chi connectivity index (χ0) is 41.9. The Morgan fingerprint density at radius 3 is 0.705 bits per heavy atom. The fraction of sp³-hybridized carbons (Fsp3) is 0.250. The van der Waals surface area contributed by atoms with E-state index in [0.29, 0.717) is 39.6 Å². The highest BCUT2D eigenvalue weighted by molar-refractivity contribution is 9.35. The first-order chi connectivity index (χ1) is 30.2. The van der Waals surface area contributed by atoms with Crippen molar-refractivity contribution in [2.24, 2.45) is 0 Å². The van der Waals surface area contributed by atoms with Crippen molar-refractivity contribution in [2.75, 3.05) is 11.5 Å². The molecule has 0 unspecified atom stereocenters. The normalized spacial score (nSPS) is 11.8. The third-order valence-electron chi connectivity index (χ3n) is 9.38. The third kappa shape index (κ3) is 18.5. The Labute approximate surface area is 383 Å². The minimum Gasteiger partial charge on any atom is -0.369 e. The second-order valence-corrected chi connectivity index (χ2v) is 27.5. The van der Waals surface area contributed by atoms with Gasteiger partial charge in [-0.3, -0.25) is 0 Å². The van der Waals surface area contributed by atoms with Crippen molar-refractivity contribution >= 4 is 68.7 Å². The highest BCUT2D eigenvalue weighted by Crippen LogP contribution is 2.49. The van der Waals surface area contributed by atoms with Gasteiger partial charge in [0.25, 0.3) is 0 Å². The van der Waals surface area contributed by atoms with Crippen LogP contribution in [0.4, 0.5) is 0 Å². The van der Waals surface area contributed by atoms with Crippen LogP contribution in [0.1, 0.15) is 46.2 Å². The first-order valence-electron chi connectivity index (χ1n) is 20.5. The van der Waals surface area contributed by atoms with Gasteiger partial charge in [-0.2, -0.15) is 0 Å². The predicted molar refractivity (Wildman–Crippen MR) is 265 cm³/mol. The lowest BCUT2D eigenvalue weighted by Crippen LogP contribution is -2.45. The Kier molecular flexibility index (Phi) is 22.0. The van der Waals surface area contributed by atoms with E-state index in [0.717, 1.165) is 69.8 Å². The molecule has 6 rings (SSSR count). The molecule has 0 aliphatic carbocycles. The molecule has 0 aliphatic heterocycles. The van der Waals surface area contributed by atoms with E-state index in [9.17, 15) is 0 Å². The quantitative estimate of drug-likeness (QED) is 0.0247. The molecule has 0 bridgehead atoms. The van der Waals surface area contributed by atoms with Crippen molar-refractivity contribution in [1.82, 2.24) is 0 Å². The van der Waals surface area contributed by atoms with Gasteiger partial charge >= 0.3 is 17.6 Å². The van der Waals surface area contributed by atoms with Gasteiger partial charge in [0, 0.05) is 23.6 Å². The maximum atomic E-state index is 6.72. The van der Waals surface area contributed by atoms with Crippen LogP contribution in [0.25, 0.3) is 0 Å². The van der Waals surface area contributed by atoms with Gasteiger partial charge < -0.3 is 26.6 Å². The number of hydrogen-bond acceptors (Lipinski definition) is 11. The van der Waals surface area contributed by atoms with Gasteiger partial charge in [-0.1, -0.05) is 204 Å². The van der Waals surface area contributed by atoms with Gasteiger partial charge in [0.05, 0.1) is 39.6 Å². The molecular weight excluding hydrogens is 889 g/mol. The molecule has 6 aromatic carbocycles. The summed E-state index contributed by atoms with van der Waals surface area (Å²) in [5.74, 6) is 1.92. The lowest BCUT2D eigenvalue weighted by Gasteiger charge is -2.30. The summed E-state index contributed by atoms with van der Waals surface area (Å²) in [5.41, 5.74) is 6.63. The molecule has 0 heterocycles. The topological polar surface area (TPSA) is 55.4 Å². The highest BCUT2D eigenvalue weighted by Gasteiger charge is 2.42. The number of hydrogen-bond donors (Lipinski definition) is 0. The third-order valence-corrected chi connectivity index (χ3v) is 23.7. The van der Waals surface area contributed by atoms with E-state index in [1.54, 1.807) is 0 Å². The molecular formula is C48H54O6S5Si2. The predicted octanol–water partition coefficient (Wildman–Crippen LogP) is 14.3. The summed E-state index contributed by atoms with van der Waals surface area (Å²) < 4.78 is 40.3. The van der Waals surface area contributed by atoms with Crippen LogP contribution >= 0.6 is 51.1 Å². The molecule has 0 spiro atoms. The first kappa shape index (κ1) is 47.7. The van der Waals surface area contributed by atoms with E-state index in [2.05, 4.69) is 72.8 Å². The van der Waals surface area contributed by atoms with Crippen LogP contribution in [0.3, 0.4) is 0 Å². The van der Waals surface area contributed by atoms with E-state index >= 15 is 0 Å². The number of benzene rings is 6. The molecule has 0 aromatic heterocycles. The van der Waals surface area contributed by atoms with Gasteiger partial charge in [-0.15, -0.1) is 0 Å². The summed E-state index contributed by atoms with van der Waals surface area (Å²) in [6.07, 6.45) is 1.84. The maximum Gasteiger partial charge on any atom is 0.501 e. The smallest absolute Gasteiger partial charge is 0.369 e. The van der Waals surface area contributed by atoms with Gasteiger partial charge in [0.15, 0.2) is 0 Å². The monoisotopic (exact) mass is 942 g/mol. The Morgan fingerprint density at radius 1 is 0.279 bits per heavy atom. The Hall–Kier alpha value is -2.74. The number of rotatable bonds is 30. The molecule has 6 aromatic rings. The van der Waals surface area contributed by atoms with Crippen molar-refractivity contribution in [3.05, 3.63) is 215 Å². The summed E-state index contributed by atoms with van der Waals surface area (Å²) in [7, 11) is 2.99. The molecule has 0 saturated carbocycles. The van der Waals surface area contributed by atoms with Gasteiger partial charge in [0.2, 0.25) is 0 Å². The van der Waals surface area contributed by atoms with Crippen molar-refractivity contribution < 1.29 is 26.6 Å². The standard InChI is InChI=1S/C48H54O6S5Si2/c1-7-21-43(22-8-1)37-49-60(50-38-44-23-9-2-10-24-44,51-39-45-25-11-3-12-26-45)35-19-33-55-57-59-58-56-34-20-36-61(52-40-46-27-13-4-14-28-46,53-41-47-29-15-5-16-30-47)54-42-48-31-17-6-18-32-48/h1-18,21-32H,19-20,33-42H2. The van der Waals surface area contributed by atoms with Gasteiger partial charge in [-0.05, 0) is 75.7 Å². The van der Waals surface area contributed by atoms with Gasteiger partial charge in [0.1, 0.15) is 0 Å². The molecule has 6 nitrogen and oxygen atoms in total. The second kappa shape index (κ2) is 28.1. The SMILES string of the molecule is c1ccc(CO[Si](CCCSSSSSCCC[Si](OCc2ccccc2)(OCc2ccccc2)OCc2ccccc2)(OCc2ccccc2)OCc2ccccc2)cc1. The van der Waals surface area contributed by atoms with Gasteiger partial charge in [-0.25, -0.2) is 0 Å². The fourth-order valence-electron chi connectivity index (χ4n) is 6.10. The summed E-state index contributed by atoms with van der Waals surface area (Å²) in [4.78, 5) is 0. The first-order valence-corrected chi connectivity index (χ1v) is 30.8. The van der Waals surface area contributed by atoms with E-state index in [-0.39, 0.29) is 0 Å². The maximum absolute atomic E-state index is 6.72. The molecule has 61 heavy (non-hydrogen) atoms. The Bertz CT molecular complexity index is 1660. The van der Waals surface area contributed by atoms with Crippen molar-refractivity contribution in [3.8, 4) is 0 Å². The largest absolute Gasteiger partial charge is 0.501 e. The summed E-state index contributed by atoms with van der Waals surface area (Å²) in [5, 5.41) is 0. The lowest BCUT2D eigenvalue weighted by molar-refractivity contribution is 0.0421. The lowest BCUT2D eigenvalue weighted by atomic mass is 10.2. The molecule has 0 fully saturated rings. The van der Waals surface area contributed by atoms with Crippen LogP contribution in [0.15, 0.2) is 182 Å². The summed E-state index contributed by atoms with van der Waals surface area (Å²) in [6, 6.07) is 63.2. The minimum atomic E-state index is -3.09. The molecule has 0 saturated heterocycles. The highest BCUT2D eigenvalue weighted by atomic mass is 33.8. The Morgan fingerprint density at radius 2 is 0.492 bits per heavy atom. The van der Waals surface area contributed by atoms with Crippen molar-refractivity contribution in [1.29, 1.82) is 0 Å². The summed E-state index contributed by atoms with van der Waals surface area (Å²) >= 11 is 0. The molecule has 0 atom stereocenters. The van der Waals surface area contributed by atoms with Crippen LogP contribution in [0.2, 0.25) is 12.1 Å². The zero-order valence-corrected chi connectivity index (χ0v) is 40.4. The van der Waals surface area contributed by atoms with Crippen LogP contribution < -0.4 is 0 Å². The van der Waals surface area contributed by atoms with Crippen molar-refractivity contribution in [3.63, 3.8) is 0 Å². The van der Waals surface area contributed by atoms with E-state index < -0.39 is 17.6 Å². The van der Waals surface area contributed by atoms with E-state index in [1.165, 1.54) is 0 Å². The van der Waals surface area contributed by atoms with Crippen molar-refractivity contribution in [2.45, 2.75) is 64.6 Å². The van der Waals surface area contributed by atoms with Crippen LogP contribution in [0, 0.1) is 0 Å². The van der Waals surface area contributed by atoms with Crippen LogP contribution in [-0.2, 0) is 66.2 Å². The molecule has 0 radical (unpaired) electrons. The van der Waals surface area contributed by atoms with Crippen LogP contribution in [0.5, 0.6) is 0 Å². The van der Waals surface area contributed by atoms with E-state index in [4.69, 9.17) is 26.6 Å². The molecule has 0 amide bonds. The van der Waals surface area contributed by atoms with Crippen LogP contribution in [-0.4, -0.2) is 29.1 Å². The minimum absolute atomic E-state index is 0.448. The Balaban J connectivity index is 0.980. The summed E-state index contributed by atoms with van der Waals surface area (Å²) in [6.45, 7) is 2.69. The fourth-order valence-corrected chi connectivity index (χ4v) is 20.4. The van der Waals surface area contributed by atoms with E-state index in [1.807, 2.05) is 160 Å². The molecule has 320 valence electrons.